The van der Waals surface area contributed by atoms with Gasteiger partial charge in [-0.05, 0) is 26.2 Å². The van der Waals surface area contributed by atoms with Crippen LogP contribution in [0.3, 0.4) is 0 Å². The molecule has 0 spiro atoms. The minimum atomic E-state index is 0. The average Bonchev–Trinajstić information content (AvgIpc) is 3.13. The Balaban J connectivity index is 0.00000225. The molecular weight excluding hydrogens is 433 g/mol. The van der Waals surface area contributed by atoms with Crippen LogP contribution in [0.25, 0.3) is 0 Å². The van der Waals surface area contributed by atoms with Crippen LogP contribution in [-0.2, 0) is 11.3 Å². The Morgan fingerprint density at radius 2 is 2.16 bits per heavy atom. The van der Waals surface area contributed by atoms with E-state index >= 15 is 0 Å². The number of halogens is 1. The fraction of sp³-hybridized carbons (Fsp3) is 0.765. The van der Waals surface area contributed by atoms with Crippen LogP contribution in [-0.4, -0.2) is 72.9 Å². The Morgan fingerprint density at radius 3 is 2.80 bits per heavy atom. The Hall–Kier alpha value is -0.870. The maximum absolute atomic E-state index is 5.79. The maximum Gasteiger partial charge on any atom is 0.194 e. The fourth-order valence-corrected chi connectivity index (χ4v) is 3.23. The summed E-state index contributed by atoms with van der Waals surface area (Å²) in [4.78, 5) is 9.58. The summed E-state index contributed by atoms with van der Waals surface area (Å²) < 4.78 is 10.7. The smallest absolute Gasteiger partial charge is 0.194 e. The molecule has 1 N–H and O–H groups in total. The van der Waals surface area contributed by atoms with Crippen molar-refractivity contribution in [2.45, 2.75) is 38.8 Å². The number of hydrogen-bond acceptors (Lipinski definition) is 5. The SMILES string of the molecule is CCNC(=NCC1CCCCO1)N1CCN(Cc2ccon2)CC1.I. The largest absolute Gasteiger partial charge is 0.376 e. The van der Waals surface area contributed by atoms with Crippen molar-refractivity contribution in [3.05, 3.63) is 18.0 Å². The van der Waals surface area contributed by atoms with Crippen molar-refractivity contribution in [1.29, 1.82) is 0 Å². The lowest BCUT2D eigenvalue weighted by Gasteiger charge is -2.36. The lowest BCUT2D eigenvalue weighted by Crippen LogP contribution is -2.52. The molecule has 1 aromatic heterocycles. The predicted octanol–water partition coefficient (Wildman–Crippen LogP) is 1.94. The number of ether oxygens (including phenoxy) is 1. The van der Waals surface area contributed by atoms with E-state index in [9.17, 15) is 0 Å². The van der Waals surface area contributed by atoms with Gasteiger partial charge in [-0.2, -0.15) is 0 Å². The van der Waals surface area contributed by atoms with Crippen LogP contribution in [0.5, 0.6) is 0 Å². The molecule has 1 aromatic rings. The zero-order chi connectivity index (χ0) is 16.6. The van der Waals surface area contributed by atoms with Gasteiger partial charge in [0.05, 0.1) is 18.3 Å². The molecule has 1 atom stereocenters. The highest BCUT2D eigenvalue weighted by Crippen LogP contribution is 2.13. The van der Waals surface area contributed by atoms with Crippen molar-refractivity contribution < 1.29 is 9.26 Å². The van der Waals surface area contributed by atoms with Crippen molar-refractivity contribution in [1.82, 2.24) is 20.3 Å². The van der Waals surface area contributed by atoms with Gasteiger partial charge >= 0.3 is 0 Å². The average molecular weight is 463 g/mol. The first kappa shape index (κ1) is 20.4. The van der Waals surface area contributed by atoms with Crippen LogP contribution in [0.2, 0.25) is 0 Å². The van der Waals surface area contributed by atoms with Crippen molar-refractivity contribution in [2.24, 2.45) is 4.99 Å². The Morgan fingerprint density at radius 1 is 1.32 bits per heavy atom. The fourth-order valence-electron chi connectivity index (χ4n) is 3.23. The topological polar surface area (TPSA) is 66.1 Å². The first-order chi connectivity index (χ1) is 11.8. The molecule has 3 heterocycles. The van der Waals surface area contributed by atoms with Crippen molar-refractivity contribution in [2.75, 3.05) is 45.9 Å². The monoisotopic (exact) mass is 463 g/mol. The molecule has 3 rings (SSSR count). The van der Waals surface area contributed by atoms with Crippen LogP contribution in [0.4, 0.5) is 0 Å². The van der Waals surface area contributed by atoms with Crippen molar-refractivity contribution in [3.8, 4) is 0 Å². The van der Waals surface area contributed by atoms with Gasteiger partial charge in [0, 0.05) is 51.9 Å². The molecule has 0 aliphatic carbocycles. The first-order valence-electron chi connectivity index (χ1n) is 9.11. The molecule has 0 aromatic carbocycles. The molecule has 8 heteroatoms. The van der Waals surface area contributed by atoms with Crippen molar-refractivity contribution >= 4 is 29.9 Å². The number of aliphatic imine (C=N–C) groups is 1. The van der Waals surface area contributed by atoms with Gasteiger partial charge in [0.1, 0.15) is 6.26 Å². The molecule has 25 heavy (non-hydrogen) atoms. The van der Waals surface area contributed by atoms with E-state index in [0.717, 1.165) is 70.5 Å². The lowest BCUT2D eigenvalue weighted by molar-refractivity contribution is 0.0222. The second-order valence-corrected chi connectivity index (χ2v) is 6.44. The number of nitrogens with zero attached hydrogens (tertiary/aromatic N) is 4. The quantitative estimate of drug-likeness (QED) is 0.409. The van der Waals surface area contributed by atoms with Crippen LogP contribution in [0, 0.1) is 0 Å². The number of piperazine rings is 1. The van der Waals surface area contributed by atoms with E-state index < -0.39 is 0 Å². The van der Waals surface area contributed by atoms with Crippen LogP contribution in [0.15, 0.2) is 21.8 Å². The van der Waals surface area contributed by atoms with E-state index in [2.05, 4.69) is 27.2 Å². The summed E-state index contributed by atoms with van der Waals surface area (Å²) in [5.74, 6) is 1.02. The minimum absolute atomic E-state index is 0. The third-order valence-corrected chi connectivity index (χ3v) is 4.60. The summed E-state index contributed by atoms with van der Waals surface area (Å²) in [6.07, 6.45) is 5.51. The summed E-state index contributed by atoms with van der Waals surface area (Å²) >= 11 is 0. The first-order valence-corrected chi connectivity index (χ1v) is 9.11. The molecule has 1 unspecified atom stereocenters. The second-order valence-electron chi connectivity index (χ2n) is 6.44. The summed E-state index contributed by atoms with van der Waals surface area (Å²) in [6.45, 7) is 9.50. The molecule has 0 saturated carbocycles. The molecule has 2 aliphatic rings. The highest BCUT2D eigenvalue weighted by Gasteiger charge is 2.21. The van der Waals surface area contributed by atoms with Gasteiger partial charge in [0.25, 0.3) is 0 Å². The zero-order valence-corrected chi connectivity index (χ0v) is 17.4. The number of hydrogen-bond donors (Lipinski definition) is 1. The molecular formula is C17H30IN5O2. The molecule has 0 radical (unpaired) electrons. The van der Waals surface area contributed by atoms with Gasteiger partial charge in [-0.1, -0.05) is 5.16 Å². The molecule has 2 saturated heterocycles. The number of guanidine groups is 1. The summed E-state index contributed by atoms with van der Waals surface area (Å²) in [7, 11) is 0. The second kappa shape index (κ2) is 11.0. The standard InChI is InChI=1S/C17H29N5O2.HI/c1-2-18-17(19-13-16-5-3-4-11-23-16)22-9-7-21(8-10-22)14-15-6-12-24-20-15;/h6,12,16H,2-5,7-11,13-14H2,1H3,(H,18,19);1H. The van der Waals surface area contributed by atoms with E-state index in [1.807, 2.05) is 6.07 Å². The lowest BCUT2D eigenvalue weighted by atomic mass is 10.1. The van der Waals surface area contributed by atoms with Crippen LogP contribution in [0.1, 0.15) is 31.9 Å². The van der Waals surface area contributed by atoms with Gasteiger partial charge in [0.2, 0.25) is 0 Å². The van der Waals surface area contributed by atoms with Crippen LogP contribution < -0.4 is 5.32 Å². The third kappa shape index (κ3) is 6.41. The highest BCUT2D eigenvalue weighted by atomic mass is 127. The summed E-state index contributed by atoms with van der Waals surface area (Å²) in [5.41, 5.74) is 0.999. The summed E-state index contributed by atoms with van der Waals surface area (Å²) in [5, 5.41) is 7.42. The number of nitrogens with one attached hydrogen (secondary N) is 1. The number of aromatic nitrogens is 1. The Labute approximate surface area is 167 Å². The minimum Gasteiger partial charge on any atom is -0.376 e. The number of rotatable bonds is 5. The third-order valence-electron chi connectivity index (χ3n) is 4.60. The molecule has 0 amide bonds. The van der Waals surface area contributed by atoms with Gasteiger partial charge in [-0.15, -0.1) is 24.0 Å². The van der Waals surface area contributed by atoms with Crippen LogP contribution >= 0.6 is 24.0 Å². The highest BCUT2D eigenvalue weighted by molar-refractivity contribution is 14.0. The molecule has 142 valence electrons. The molecule has 7 nitrogen and oxygen atoms in total. The molecule has 0 bridgehead atoms. The van der Waals surface area contributed by atoms with Gasteiger partial charge < -0.3 is 19.5 Å². The normalized spacial score (nSPS) is 22.5. The maximum atomic E-state index is 5.79. The van der Waals surface area contributed by atoms with Gasteiger partial charge in [0.15, 0.2) is 5.96 Å². The van der Waals surface area contributed by atoms with E-state index in [0.29, 0.717) is 6.10 Å². The summed E-state index contributed by atoms with van der Waals surface area (Å²) in [6, 6.07) is 1.93. The zero-order valence-electron chi connectivity index (χ0n) is 15.0. The van der Waals surface area contributed by atoms with E-state index in [4.69, 9.17) is 14.3 Å². The predicted molar refractivity (Wildman–Crippen MR) is 108 cm³/mol. The van der Waals surface area contributed by atoms with Gasteiger partial charge in [-0.3, -0.25) is 9.89 Å². The Bertz CT molecular complexity index is 497. The van der Waals surface area contributed by atoms with E-state index in [-0.39, 0.29) is 24.0 Å². The van der Waals surface area contributed by atoms with Gasteiger partial charge in [-0.25, -0.2) is 0 Å². The molecule has 2 aliphatic heterocycles. The van der Waals surface area contributed by atoms with Crippen molar-refractivity contribution in [3.63, 3.8) is 0 Å². The molecule has 2 fully saturated rings. The van der Waals surface area contributed by atoms with E-state index in [1.54, 1.807) is 6.26 Å². The van der Waals surface area contributed by atoms with E-state index in [1.165, 1.54) is 12.8 Å². The Kier molecular flexibility index (Phi) is 8.97.